The van der Waals surface area contributed by atoms with Gasteiger partial charge in [0.2, 0.25) is 0 Å². The fraction of sp³-hybridized carbons (Fsp3) is 0.263. The Balaban J connectivity index is 2.04. The van der Waals surface area contributed by atoms with E-state index in [0.29, 0.717) is 23.2 Å². The number of amides is 2. The van der Waals surface area contributed by atoms with Crippen LogP contribution < -0.4 is 5.32 Å². The molecule has 0 fully saturated rings. The van der Waals surface area contributed by atoms with E-state index in [-0.39, 0.29) is 17.6 Å². The van der Waals surface area contributed by atoms with E-state index < -0.39 is 9.84 Å². The van der Waals surface area contributed by atoms with Crippen molar-refractivity contribution in [3.8, 4) is 0 Å². The minimum absolute atomic E-state index is 0.0466. The summed E-state index contributed by atoms with van der Waals surface area (Å²) in [5, 5.41) is 2.56. The number of sulfone groups is 1. The van der Waals surface area contributed by atoms with E-state index in [4.69, 9.17) is 0 Å². The number of benzene rings is 2. The van der Waals surface area contributed by atoms with Gasteiger partial charge in [0.15, 0.2) is 9.84 Å². The molecular weight excluding hydrogens is 352 g/mol. The van der Waals surface area contributed by atoms with Crippen LogP contribution in [0.1, 0.15) is 31.8 Å². The second-order valence-electron chi connectivity index (χ2n) is 6.20. The molecule has 0 atom stereocenters. The number of hydrogen-bond donors (Lipinski definition) is 1. The lowest BCUT2D eigenvalue weighted by Crippen LogP contribution is -2.26. The normalized spacial score (nSPS) is 11.0. The van der Waals surface area contributed by atoms with E-state index in [0.717, 1.165) is 5.56 Å². The largest absolute Gasteiger partial charge is 0.355 e. The van der Waals surface area contributed by atoms with E-state index in [9.17, 15) is 18.0 Å². The van der Waals surface area contributed by atoms with Gasteiger partial charge in [-0.15, -0.1) is 0 Å². The molecule has 0 aromatic heterocycles. The summed E-state index contributed by atoms with van der Waals surface area (Å²) in [6, 6.07) is 13.6. The maximum Gasteiger partial charge on any atom is 0.253 e. The van der Waals surface area contributed by atoms with Crippen LogP contribution in [0.4, 0.5) is 0 Å². The van der Waals surface area contributed by atoms with Crippen LogP contribution in [0.5, 0.6) is 0 Å². The molecule has 0 unspecified atom stereocenters. The predicted octanol–water partition coefficient (Wildman–Crippen LogP) is 1.86. The van der Waals surface area contributed by atoms with Gasteiger partial charge in [0.05, 0.1) is 5.75 Å². The van der Waals surface area contributed by atoms with E-state index in [1.807, 2.05) is 12.1 Å². The third-order valence-corrected chi connectivity index (χ3v) is 4.70. The van der Waals surface area contributed by atoms with Crippen molar-refractivity contribution in [2.24, 2.45) is 0 Å². The van der Waals surface area contributed by atoms with Crippen LogP contribution >= 0.6 is 0 Å². The second kappa shape index (κ2) is 8.14. The van der Waals surface area contributed by atoms with Gasteiger partial charge in [0.25, 0.3) is 11.8 Å². The van der Waals surface area contributed by atoms with Crippen molar-refractivity contribution in [2.45, 2.75) is 12.3 Å². The van der Waals surface area contributed by atoms with E-state index in [1.165, 1.54) is 6.26 Å². The standard InChI is InChI=1S/C19H22N2O4S/c1-20-18(22)16-8-4-14(5-9-16)12-21(2)19(23)17-10-6-15(7-11-17)13-26(3,24)25/h4-11H,12-13H2,1-3H3,(H,20,22). The minimum atomic E-state index is -3.10. The number of rotatable bonds is 6. The lowest BCUT2D eigenvalue weighted by Gasteiger charge is -2.18. The van der Waals surface area contributed by atoms with Gasteiger partial charge < -0.3 is 10.2 Å². The summed E-state index contributed by atoms with van der Waals surface area (Å²) < 4.78 is 22.6. The summed E-state index contributed by atoms with van der Waals surface area (Å²) in [4.78, 5) is 25.6. The van der Waals surface area contributed by atoms with E-state index in [1.54, 1.807) is 55.4 Å². The van der Waals surface area contributed by atoms with Crippen molar-refractivity contribution in [1.29, 1.82) is 0 Å². The molecule has 138 valence electrons. The number of carbonyl (C=O) groups is 2. The van der Waals surface area contributed by atoms with Crippen molar-refractivity contribution in [3.63, 3.8) is 0 Å². The fourth-order valence-electron chi connectivity index (χ4n) is 2.52. The first-order chi connectivity index (χ1) is 12.2. The summed E-state index contributed by atoms with van der Waals surface area (Å²) in [5.74, 6) is -0.365. The van der Waals surface area contributed by atoms with Crippen LogP contribution in [0.15, 0.2) is 48.5 Å². The first kappa shape index (κ1) is 19.7. The van der Waals surface area contributed by atoms with E-state index >= 15 is 0 Å². The van der Waals surface area contributed by atoms with Gasteiger partial charge in [0, 0.05) is 38.0 Å². The highest BCUT2D eigenvalue weighted by atomic mass is 32.2. The molecule has 6 nitrogen and oxygen atoms in total. The zero-order valence-electron chi connectivity index (χ0n) is 15.0. The first-order valence-corrected chi connectivity index (χ1v) is 10.1. The molecule has 0 aliphatic heterocycles. The number of hydrogen-bond acceptors (Lipinski definition) is 4. The Morgan fingerprint density at radius 2 is 1.42 bits per heavy atom. The Morgan fingerprint density at radius 1 is 0.923 bits per heavy atom. The number of carbonyl (C=O) groups excluding carboxylic acids is 2. The van der Waals surface area contributed by atoms with Crippen LogP contribution in [0, 0.1) is 0 Å². The Bertz CT molecular complexity index is 888. The van der Waals surface area contributed by atoms with Crippen LogP contribution in [0.2, 0.25) is 0 Å². The maximum atomic E-state index is 12.5. The van der Waals surface area contributed by atoms with Crippen molar-refractivity contribution < 1.29 is 18.0 Å². The first-order valence-electron chi connectivity index (χ1n) is 8.03. The van der Waals surface area contributed by atoms with Gasteiger partial charge in [-0.3, -0.25) is 9.59 Å². The van der Waals surface area contributed by atoms with Crippen molar-refractivity contribution in [2.75, 3.05) is 20.4 Å². The number of nitrogens with one attached hydrogen (secondary N) is 1. The monoisotopic (exact) mass is 374 g/mol. The van der Waals surface area contributed by atoms with Crippen LogP contribution in [-0.4, -0.2) is 45.5 Å². The average molecular weight is 374 g/mol. The molecule has 0 saturated carbocycles. The lowest BCUT2D eigenvalue weighted by atomic mass is 10.1. The lowest BCUT2D eigenvalue weighted by molar-refractivity contribution is 0.0784. The molecule has 2 aromatic rings. The molecule has 0 saturated heterocycles. The topological polar surface area (TPSA) is 83.6 Å². The zero-order valence-corrected chi connectivity index (χ0v) is 15.8. The molecule has 0 radical (unpaired) electrons. The Morgan fingerprint density at radius 3 is 1.92 bits per heavy atom. The minimum Gasteiger partial charge on any atom is -0.355 e. The molecule has 0 aliphatic carbocycles. The van der Waals surface area contributed by atoms with Crippen molar-refractivity contribution in [3.05, 3.63) is 70.8 Å². The molecular formula is C19H22N2O4S. The zero-order chi connectivity index (χ0) is 19.3. The highest BCUT2D eigenvalue weighted by molar-refractivity contribution is 7.89. The van der Waals surface area contributed by atoms with Gasteiger partial charge in [-0.1, -0.05) is 24.3 Å². The van der Waals surface area contributed by atoms with Gasteiger partial charge in [-0.25, -0.2) is 8.42 Å². The predicted molar refractivity (Wildman–Crippen MR) is 101 cm³/mol. The second-order valence-corrected chi connectivity index (χ2v) is 8.34. The van der Waals surface area contributed by atoms with Crippen molar-refractivity contribution in [1.82, 2.24) is 10.2 Å². The van der Waals surface area contributed by atoms with Crippen LogP contribution in [0.25, 0.3) is 0 Å². The summed E-state index contributed by atoms with van der Waals surface area (Å²) in [6.45, 7) is 0.401. The molecule has 0 heterocycles. The smallest absolute Gasteiger partial charge is 0.253 e. The fourth-order valence-corrected chi connectivity index (χ4v) is 3.32. The quantitative estimate of drug-likeness (QED) is 0.837. The molecule has 2 rings (SSSR count). The van der Waals surface area contributed by atoms with Gasteiger partial charge in [-0.2, -0.15) is 0 Å². The maximum absolute atomic E-state index is 12.5. The molecule has 0 spiro atoms. The summed E-state index contributed by atoms with van der Waals surface area (Å²) in [7, 11) is 0.164. The average Bonchev–Trinajstić information content (AvgIpc) is 2.60. The molecule has 0 aliphatic rings. The van der Waals surface area contributed by atoms with Gasteiger partial charge in [-0.05, 0) is 35.4 Å². The Kier molecular flexibility index (Phi) is 6.15. The highest BCUT2D eigenvalue weighted by Crippen LogP contribution is 2.12. The Hall–Kier alpha value is -2.67. The molecule has 1 N–H and O–H groups in total. The molecule has 2 amide bonds. The van der Waals surface area contributed by atoms with Gasteiger partial charge >= 0.3 is 0 Å². The molecule has 2 aromatic carbocycles. The van der Waals surface area contributed by atoms with E-state index in [2.05, 4.69) is 5.32 Å². The molecule has 26 heavy (non-hydrogen) atoms. The van der Waals surface area contributed by atoms with Crippen LogP contribution in [0.3, 0.4) is 0 Å². The van der Waals surface area contributed by atoms with Crippen LogP contribution in [-0.2, 0) is 22.1 Å². The molecule has 7 heteroatoms. The van der Waals surface area contributed by atoms with Crippen molar-refractivity contribution >= 4 is 21.7 Å². The number of nitrogens with zero attached hydrogens (tertiary/aromatic N) is 1. The summed E-state index contributed by atoms with van der Waals surface area (Å²) in [5.41, 5.74) is 2.61. The highest BCUT2D eigenvalue weighted by Gasteiger charge is 2.13. The SMILES string of the molecule is CNC(=O)c1ccc(CN(C)C(=O)c2ccc(CS(C)(=O)=O)cc2)cc1. The molecule has 0 bridgehead atoms. The van der Waals surface area contributed by atoms with Gasteiger partial charge in [0.1, 0.15) is 0 Å². The summed E-state index contributed by atoms with van der Waals surface area (Å²) in [6.07, 6.45) is 1.18. The third-order valence-electron chi connectivity index (χ3n) is 3.84. The third kappa shape index (κ3) is 5.42. The summed E-state index contributed by atoms with van der Waals surface area (Å²) >= 11 is 0. The Labute approximate surface area is 153 Å².